The van der Waals surface area contributed by atoms with Crippen LogP contribution in [-0.4, -0.2) is 34.2 Å². The SMILES string of the molecule is CCN(CC)C(=O)NCc1nc(-c2ccccc2Cl)no1. The smallest absolute Gasteiger partial charge is 0.317 e. The van der Waals surface area contributed by atoms with Gasteiger partial charge in [0.1, 0.15) is 0 Å². The topological polar surface area (TPSA) is 71.3 Å². The zero-order valence-electron chi connectivity index (χ0n) is 12.0. The van der Waals surface area contributed by atoms with Crippen LogP contribution in [0.25, 0.3) is 11.4 Å². The number of carbonyl (C=O) groups is 1. The lowest BCUT2D eigenvalue weighted by molar-refractivity contribution is 0.201. The Morgan fingerprint density at radius 2 is 2.05 bits per heavy atom. The van der Waals surface area contributed by atoms with Gasteiger partial charge in [0.2, 0.25) is 11.7 Å². The molecule has 2 aromatic rings. The molecule has 0 saturated carbocycles. The second-order valence-electron chi connectivity index (χ2n) is 4.32. The predicted octanol–water partition coefficient (Wildman–Crippen LogP) is 2.94. The number of halogens is 1. The van der Waals surface area contributed by atoms with E-state index in [1.54, 1.807) is 11.0 Å². The molecule has 0 aliphatic carbocycles. The number of urea groups is 1. The van der Waals surface area contributed by atoms with Crippen LogP contribution in [0, 0.1) is 0 Å². The molecule has 7 heteroatoms. The first-order valence-corrected chi connectivity index (χ1v) is 7.13. The molecule has 1 aromatic heterocycles. The fourth-order valence-electron chi connectivity index (χ4n) is 1.85. The Kier molecular flexibility index (Phi) is 5.16. The van der Waals surface area contributed by atoms with Gasteiger partial charge in [-0.05, 0) is 26.0 Å². The number of amides is 2. The molecule has 0 bridgehead atoms. The van der Waals surface area contributed by atoms with Crippen molar-refractivity contribution < 1.29 is 9.32 Å². The summed E-state index contributed by atoms with van der Waals surface area (Å²) < 4.78 is 5.12. The number of benzene rings is 1. The molecule has 112 valence electrons. The van der Waals surface area contributed by atoms with Gasteiger partial charge in [0.25, 0.3) is 0 Å². The van der Waals surface area contributed by atoms with Gasteiger partial charge in [0, 0.05) is 18.7 Å². The van der Waals surface area contributed by atoms with Crippen molar-refractivity contribution in [1.82, 2.24) is 20.4 Å². The van der Waals surface area contributed by atoms with Crippen LogP contribution in [0.1, 0.15) is 19.7 Å². The molecule has 1 heterocycles. The highest BCUT2D eigenvalue weighted by molar-refractivity contribution is 6.33. The molecule has 0 aliphatic heterocycles. The summed E-state index contributed by atoms with van der Waals surface area (Å²) in [5.74, 6) is 0.748. The molecule has 1 aromatic carbocycles. The van der Waals surface area contributed by atoms with Crippen LogP contribution in [-0.2, 0) is 6.54 Å². The normalized spacial score (nSPS) is 10.4. The largest absolute Gasteiger partial charge is 0.337 e. The van der Waals surface area contributed by atoms with E-state index in [4.69, 9.17) is 16.1 Å². The number of hydrogen-bond donors (Lipinski definition) is 1. The second kappa shape index (κ2) is 7.08. The van der Waals surface area contributed by atoms with E-state index < -0.39 is 0 Å². The summed E-state index contributed by atoms with van der Waals surface area (Å²) in [6, 6.07) is 7.09. The zero-order valence-corrected chi connectivity index (χ0v) is 12.7. The van der Waals surface area contributed by atoms with E-state index in [9.17, 15) is 4.79 Å². The quantitative estimate of drug-likeness (QED) is 0.922. The molecule has 2 amide bonds. The Bertz CT molecular complexity index is 611. The average Bonchev–Trinajstić information content (AvgIpc) is 2.95. The van der Waals surface area contributed by atoms with E-state index in [0.29, 0.717) is 35.4 Å². The summed E-state index contributed by atoms with van der Waals surface area (Å²) in [7, 11) is 0. The monoisotopic (exact) mass is 308 g/mol. The van der Waals surface area contributed by atoms with Crippen LogP contribution in [0.3, 0.4) is 0 Å². The standard InChI is InChI=1S/C14H17ClN4O2/c1-3-19(4-2)14(20)16-9-12-17-13(18-21-12)10-7-5-6-8-11(10)15/h5-8H,3-4,9H2,1-2H3,(H,16,20). The van der Waals surface area contributed by atoms with Crippen molar-refractivity contribution in [2.24, 2.45) is 0 Å². The van der Waals surface area contributed by atoms with Crippen molar-refractivity contribution in [2.45, 2.75) is 20.4 Å². The minimum Gasteiger partial charge on any atom is -0.337 e. The van der Waals surface area contributed by atoms with Gasteiger partial charge in [-0.3, -0.25) is 0 Å². The summed E-state index contributed by atoms with van der Waals surface area (Å²) in [5.41, 5.74) is 0.698. The molecule has 0 spiro atoms. The summed E-state index contributed by atoms with van der Waals surface area (Å²) >= 11 is 6.08. The molecular weight excluding hydrogens is 292 g/mol. The Hall–Kier alpha value is -2.08. The molecule has 1 N–H and O–H groups in total. The molecule has 0 radical (unpaired) electrons. The highest BCUT2D eigenvalue weighted by atomic mass is 35.5. The van der Waals surface area contributed by atoms with E-state index in [-0.39, 0.29) is 12.6 Å². The molecular formula is C14H17ClN4O2. The molecule has 0 saturated heterocycles. The van der Waals surface area contributed by atoms with Gasteiger partial charge in [-0.2, -0.15) is 4.98 Å². The third-order valence-electron chi connectivity index (χ3n) is 3.02. The van der Waals surface area contributed by atoms with Crippen molar-refractivity contribution in [3.8, 4) is 11.4 Å². The Morgan fingerprint density at radius 1 is 1.33 bits per heavy atom. The van der Waals surface area contributed by atoms with E-state index in [0.717, 1.165) is 0 Å². The Labute approximate surface area is 128 Å². The molecule has 0 atom stereocenters. The maximum atomic E-state index is 11.8. The minimum absolute atomic E-state index is 0.155. The van der Waals surface area contributed by atoms with Gasteiger partial charge in [0.15, 0.2) is 0 Å². The van der Waals surface area contributed by atoms with Crippen LogP contribution < -0.4 is 5.32 Å². The fraction of sp³-hybridized carbons (Fsp3) is 0.357. The zero-order chi connectivity index (χ0) is 15.2. The van der Waals surface area contributed by atoms with Crippen molar-refractivity contribution in [3.63, 3.8) is 0 Å². The van der Waals surface area contributed by atoms with E-state index in [1.165, 1.54) is 0 Å². The van der Waals surface area contributed by atoms with Crippen LogP contribution >= 0.6 is 11.6 Å². The third kappa shape index (κ3) is 3.72. The first-order valence-electron chi connectivity index (χ1n) is 6.76. The van der Waals surface area contributed by atoms with Crippen LogP contribution in [0.2, 0.25) is 5.02 Å². The van der Waals surface area contributed by atoms with Gasteiger partial charge < -0.3 is 14.7 Å². The van der Waals surface area contributed by atoms with Crippen molar-refractivity contribution >= 4 is 17.6 Å². The number of rotatable bonds is 5. The summed E-state index contributed by atoms with van der Waals surface area (Å²) in [6.07, 6.45) is 0. The van der Waals surface area contributed by atoms with E-state index in [1.807, 2.05) is 32.0 Å². The number of aromatic nitrogens is 2. The lowest BCUT2D eigenvalue weighted by atomic mass is 10.2. The maximum Gasteiger partial charge on any atom is 0.317 e. The van der Waals surface area contributed by atoms with Crippen LogP contribution in [0.4, 0.5) is 4.79 Å². The third-order valence-corrected chi connectivity index (χ3v) is 3.35. The summed E-state index contributed by atoms with van der Waals surface area (Å²) in [5, 5.41) is 7.17. The van der Waals surface area contributed by atoms with Crippen molar-refractivity contribution in [2.75, 3.05) is 13.1 Å². The van der Waals surface area contributed by atoms with Crippen LogP contribution in [0.15, 0.2) is 28.8 Å². The van der Waals surface area contributed by atoms with Gasteiger partial charge in [-0.25, -0.2) is 4.79 Å². The minimum atomic E-state index is -0.155. The van der Waals surface area contributed by atoms with Gasteiger partial charge in [0.05, 0.1) is 11.6 Å². The summed E-state index contributed by atoms with van der Waals surface area (Å²) in [4.78, 5) is 17.7. The Balaban J connectivity index is 2.01. The number of carbonyl (C=O) groups excluding carboxylic acids is 1. The van der Waals surface area contributed by atoms with E-state index in [2.05, 4.69) is 15.5 Å². The first kappa shape index (κ1) is 15.3. The molecule has 0 aliphatic rings. The summed E-state index contributed by atoms with van der Waals surface area (Å²) in [6.45, 7) is 5.33. The Morgan fingerprint density at radius 3 is 2.71 bits per heavy atom. The lowest BCUT2D eigenvalue weighted by Gasteiger charge is -2.18. The van der Waals surface area contributed by atoms with Gasteiger partial charge in [-0.1, -0.05) is 28.9 Å². The van der Waals surface area contributed by atoms with Gasteiger partial charge >= 0.3 is 6.03 Å². The average molecular weight is 309 g/mol. The van der Waals surface area contributed by atoms with E-state index >= 15 is 0 Å². The number of nitrogens with one attached hydrogen (secondary N) is 1. The van der Waals surface area contributed by atoms with Crippen molar-refractivity contribution in [3.05, 3.63) is 35.2 Å². The number of hydrogen-bond acceptors (Lipinski definition) is 4. The molecule has 0 unspecified atom stereocenters. The molecule has 0 fully saturated rings. The molecule has 6 nitrogen and oxygen atoms in total. The van der Waals surface area contributed by atoms with Crippen LogP contribution in [0.5, 0.6) is 0 Å². The molecule has 2 rings (SSSR count). The fourth-order valence-corrected chi connectivity index (χ4v) is 2.07. The van der Waals surface area contributed by atoms with Crippen molar-refractivity contribution in [1.29, 1.82) is 0 Å². The first-order chi connectivity index (χ1) is 10.2. The predicted molar refractivity (Wildman–Crippen MR) is 79.9 cm³/mol. The highest BCUT2D eigenvalue weighted by Gasteiger charge is 2.13. The highest BCUT2D eigenvalue weighted by Crippen LogP contribution is 2.24. The number of nitrogens with zero attached hydrogens (tertiary/aromatic N) is 3. The molecule has 21 heavy (non-hydrogen) atoms. The van der Waals surface area contributed by atoms with Gasteiger partial charge in [-0.15, -0.1) is 0 Å². The lowest BCUT2D eigenvalue weighted by Crippen LogP contribution is -2.39. The second-order valence-corrected chi connectivity index (χ2v) is 4.73. The maximum absolute atomic E-state index is 11.8.